The van der Waals surface area contributed by atoms with Gasteiger partial charge in [0.1, 0.15) is 0 Å². The van der Waals surface area contributed by atoms with Crippen molar-refractivity contribution >= 4 is 11.6 Å². The third-order valence-electron chi connectivity index (χ3n) is 2.62. The van der Waals surface area contributed by atoms with Crippen molar-refractivity contribution in [3.05, 3.63) is 59.4 Å². The summed E-state index contributed by atoms with van der Waals surface area (Å²) in [5.74, 6) is -0.415. The summed E-state index contributed by atoms with van der Waals surface area (Å²) in [4.78, 5) is 15.2. The molecule has 0 atom stereocenters. The van der Waals surface area contributed by atoms with Gasteiger partial charge in [0, 0.05) is 17.4 Å². The van der Waals surface area contributed by atoms with Crippen molar-refractivity contribution in [3.8, 4) is 0 Å². The maximum Gasteiger partial charge on any atom is 0.248 e. The number of carbonyl (C=O) groups excluding carboxylic acids is 1. The number of anilines is 1. The molecule has 1 heterocycles. The van der Waals surface area contributed by atoms with Crippen LogP contribution in [0.25, 0.3) is 0 Å². The van der Waals surface area contributed by atoms with Gasteiger partial charge < -0.3 is 11.1 Å². The molecule has 4 heteroatoms. The van der Waals surface area contributed by atoms with Gasteiger partial charge in [-0.1, -0.05) is 6.07 Å². The van der Waals surface area contributed by atoms with Gasteiger partial charge in [-0.2, -0.15) is 0 Å². The highest BCUT2D eigenvalue weighted by Gasteiger charge is 1.99. The van der Waals surface area contributed by atoms with Crippen LogP contribution in [0.5, 0.6) is 0 Å². The Balaban J connectivity index is 1.97. The van der Waals surface area contributed by atoms with Crippen LogP contribution in [-0.4, -0.2) is 10.9 Å². The molecule has 1 aromatic heterocycles. The monoisotopic (exact) mass is 241 g/mol. The summed E-state index contributed by atoms with van der Waals surface area (Å²) >= 11 is 0. The molecule has 2 rings (SSSR count). The molecule has 1 amide bonds. The first-order chi connectivity index (χ1) is 8.65. The summed E-state index contributed by atoms with van der Waals surface area (Å²) in [6.45, 7) is 2.66. The first-order valence-corrected chi connectivity index (χ1v) is 5.70. The summed E-state index contributed by atoms with van der Waals surface area (Å²) in [7, 11) is 0. The molecule has 3 N–H and O–H groups in total. The highest BCUT2D eigenvalue weighted by Crippen LogP contribution is 2.10. The Bertz CT molecular complexity index is 532. The van der Waals surface area contributed by atoms with E-state index in [1.807, 2.05) is 37.4 Å². The van der Waals surface area contributed by atoms with E-state index in [0.29, 0.717) is 12.1 Å². The summed E-state index contributed by atoms with van der Waals surface area (Å²) in [6.07, 6.45) is 1.84. The fraction of sp³-hybridized carbons (Fsp3) is 0.143. The summed E-state index contributed by atoms with van der Waals surface area (Å²) in [5.41, 5.74) is 8.73. The quantitative estimate of drug-likeness (QED) is 0.861. The van der Waals surface area contributed by atoms with Gasteiger partial charge in [0.2, 0.25) is 5.91 Å². The molecule has 0 fully saturated rings. The van der Waals surface area contributed by atoms with Gasteiger partial charge in [0.15, 0.2) is 0 Å². The van der Waals surface area contributed by atoms with Gasteiger partial charge in [0.05, 0.1) is 12.2 Å². The maximum atomic E-state index is 10.9. The third-order valence-corrected chi connectivity index (χ3v) is 2.62. The molecular weight excluding hydrogens is 226 g/mol. The Morgan fingerprint density at radius 3 is 2.50 bits per heavy atom. The van der Waals surface area contributed by atoms with Crippen LogP contribution in [0.1, 0.15) is 21.6 Å². The van der Waals surface area contributed by atoms with E-state index in [1.54, 1.807) is 12.1 Å². The standard InChI is InChI=1S/C14H15N3O/c1-10-2-5-13(16-8-10)9-17-12-6-3-11(4-7-12)14(15)18/h2-8,17H,9H2,1H3,(H2,15,18). The SMILES string of the molecule is Cc1ccc(CNc2ccc(C(N)=O)cc2)nc1. The van der Waals surface area contributed by atoms with Crippen molar-refractivity contribution < 1.29 is 4.79 Å². The van der Waals surface area contributed by atoms with Crippen LogP contribution in [-0.2, 0) is 6.54 Å². The lowest BCUT2D eigenvalue weighted by Gasteiger charge is -2.06. The van der Waals surface area contributed by atoms with Gasteiger partial charge in [-0.05, 0) is 42.8 Å². The largest absolute Gasteiger partial charge is 0.379 e. The zero-order chi connectivity index (χ0) is 13.0. The molecule has 0 spiro atoms. The summed E-state index contributed by atoms with van der Waals surface area (Å²) in [5, 5.41) is 3.23. The molecule has 18 heavy (non-hydrogen) atoms. The predicted octanol–water partition coefficient (Wildman–Crippen LogP) is 2.10. The molecule has 0 bridgehead atoms. The number of nitrogens with zero attached hydrogens (tertiary/aromatic N) is 1. The molecule has 92 valence electrons. The van der Waals surface area contributed by atoms with Crippen LogP contribution in [0.3, 0.4) is 0 Å². The number of aryl methyl sites for hydroxylation is 1. The number of aromatic nitrogens is 1. The van der Waals surface area contributed by atoms with Crippen molar-refractivity contribution in [3.63, 3.8) is 0 Å². The van der Waals surface area contributed by atoms with Crippen molar-refractivity contribution in [1.29, 1.82) is 0 Å². The van der Waals surface area contributed by atoms with E-state index < -0.39 is 5.91 Å². The molecule has 2 aromatic rings. The second kappa shape index (κ2) is 5.31. The average molecular weight is 241 g/mol. The molecule has 0 aliphatic heterocycles. The molecular formula is C14H15N3O. The normalized spacial score (nSPS) is 10.1. The van der Waals surface area contributed by atoms with Crippen molar-refractivity contribution in [2.24, 2.45) is 5.73 Å². The molecule has 0 unspecified atom stereocenters. The number of pyridine rings is 1. The van der Waals surface area contributed by atoms with E-state index in [9.17, 15) is 4.79 Å². The minimum atomic E-state index is -0.415. The Hall–Kier alpha value is -2.36. The van der Waals surface area contributed by atoms with E-state index in [0.717, 1.165) is 16.9 Å². The van der Waals surface area contributed by atoms with Crippen molar-refractivity contribution in [2.75, 3.05) is 5.32 Å². The van der Waals surface area contributed by atoms with E-state index in [1.165, 1.54) is 0 Å². The van der Waals surface area contributed by atoms with Crippen LogP contribution < -0.4 is 11.1 Å². The number of carbonyl (C=O) groups is 1. The van der Waals surface area contributed by atoms with Gasteiger partial charge in [0.25, 0.3) is 0 Å². The van der Waals surface area contributed by atoms with Gasteiger partial charge >= 0.3 is 0 Å². The number of nitrogens with one attached hydrogen (secondary N) is 1. The number of amides is 1. The molecule has 4 nitrogen and oxygen atoms in total. The number of hydrogen-bond donors (Lipinski definition) is 2. The van der Waals surface area contributed by atoms with Gasteiger partial charge in [-0.3, -0.25) is 9.78 Å². The average Bonchev–Trinajstić information content (AvgIpc) is 2.38. The first-order valence-electron chi connectivity index (χ1n) is 5.70. The highest BCUT2D eigenvalue weighted by atomic mass is 16.1. The van der Waals surface area contributed by atoms with E-state index in [4.69, 9.17) is 5.73 Å². The molecule has 0 radical (unpaired) electrons. The third kappa shape index (κ3) is 3.07. The van der Waals surface area contributed by atoms with Crippen LogP contribution in [0.15, 0.2) is 42.6 Å². The summed E-state index contributed by atoms with van der Waals surface area (Å²) < 4.78 is 0. The van der Waals surface area contributed by atoms with Crippen LogP contribution in [0.2, 0.25) is 0 Å². The number of rotatable bonds is 4. The minimum absolute atomic E-state index is 0.415. The second-order valence-electron chi connectivity index (χ2n) is 4.12. The fourth-order valence-electron chi connectivity index (χ4n) is 1.55. The molecule has 0 saturated heterocycles. The van der Waals surface area contributed by atoms with Crippen molar-refractivity contribution in [1.82, 2.24) is 4.98 Å². The second-order valence-corrected chi connectivity index (χ2v) is 4.12. The topological polar surface area (TPSA) is 68.0 Å². The lowest BCUT2D eigenvalue weighted by atomic mass is 10.2. The van der Waals surface area contributed by atoms with E-state index >= 15 is 0 Å². The molecule has 0 saturated carbocycles. The Labute approximate surface area is 106 Å². The smallest absolute Gasteiger partial charge is 0.248 e. The zero-order valence-electron chi connectivity index (χ0n) is 10.2. The fourth-order valence-corrected chi connectivity index (χ4v) is 1.55. The number of benzene rings is 1. The lowest BCUT2D eigenvalue weighted by molar-refractivity contribution is 0.100. The highest BCUT2D eigenvalue weighted by molar-refractivity contribution is 5.93. The van der Waals surface area contributed by atoms with Gasteiger partial charge in [-0.15, -0.1) is 0 Å². The lowest BCUT2D eigenvalue weighted by Crippen LogP contribution is -2.10. The van der Waals surface area contributed by atoms with Gasteiger partial charge in [-0.25, -0.2) is 0 Å². The van der Waals surface area contributed by atoms with E-state index in [-0.39, 0.29) is 0 Å². The van der Waals surface area contributed by atoms with Crippen molar-refractivity contribution in [2.45, 2.75) is 13.5 Å². The number of hydrogen-bond acceptors (Lipinski definition) is 3. The summed E-state index contributed by atoms with van der Waals surface area (Å²) in [6, 6.07) is 11.1. The Kier molecular flexibility index (Phi) is 3.57. The van der Waals surface area contributed by atoms with Crippen LogP contribution in [0, 0.1) is 6.92 Å². The predicted molar refractivity (Wildman–Crippen MR) is 71.3 cm³/mol. The molecule has 0 aliphatic carbocycles. The maximum absolute atomic E-state index is 10.9. The Morgan fingerprint density at radius 2 is 1.94 bits per heavy atom. The molecule has 0 aliphatic rings. The van der Waals surface area contributed by atoms with E-state index in [2.05, 4.69) is 10.3 Å². The number of primary amides is 1. The number of nitrogens with two attached hydrogens (primary N) is 1. The first kappa shape index (κ1) is 12.1. The Morgan fingerprint density at radius 1 is 1.22 bits per heavy atom. The van der Waals surface area contributed by atoms with Crippen LogP contribution in [0.4, 0.5) is 5.69 Å². The van der Waals surface area contributed by atoms with Crippen LogP contribution >= 0.6 is 0 Å². The zero-order valence-corrected chi connectivity index (χ0v) is 10.2. The minimum Gasteiger partial charge on any atom is -0.379 e. The molecule has 1 aromatic carbocycles.